The third-order valence-corrected chi connectivity index (χ3v) is 8.34. The number of hydrogen-bond donors (Lipinski definition) is 3. The maximum atomic E-state index is 13.6. The van der Waals surface area contributed by atoms with Crippen LogP contribution in [-0.2, 0) is 25.7 Å². The van der Waals surface area contributed by atoms with Gasteiger partial charge in [-0.1, -0.05) is 40.2 Å². The summed E-state index contributed by atoms with van der Waals surface area (Å²) in [6, 6.07) is 15.1. The number of carbonyl (C=O) groups excluding carboxylic acids is 3. The van der Waals surface area contributed by atoms with Crippen molar-refractivity contribution in [2.75, 3.05) is 17.2 Å². The van der Waals surface area contributed by atoms with Crippen molar-refractivity contribution in [2.45, 2.75) is 45.8 Å². The molecule has 0 radical (unpaired) electrons. The first-order chi connectivity index (χ1) is 18.1. The van der Waals surface area contributed by atoms with Crippen LogP contribution in [0.15, 0.2) is 65.2 Å². The summed E-state index contributed by atoms with van der Waals surface area (Å²) in [5.41, 5.74) is 1.93. The number of anilines is 2. The average Bonchev–Trinajstić information content (AvgIpc) is 3.53. The number of carbonyl (C=O) groups is 3. The first-order valence-corrected chi connectivity index (χ1v) is 13.9. The minimum absolute atomic E-state index is 0.0573. The summed E-state index contributed by atoms with van der Waals surface area (Å²) >= 11 is 3.42. The molecule has 7 nitrogen and oxygen atoms in total. The van der Waals surface area contributed by atoms with Crippen molar-refractivity contribution in [1.29, 1.82) is 0 Å². The second kappa shape index (κ2) is 10.2. The van der Waals surface area contributed by atoms with Crippen molar-refractivity contribution in [3.8, 4) is 0 Å². The summed E-state index contributed by atoms with van der Waals surface area (Å²) in [6.45, 7) is 5.90. The number of rotatable bonds is 8. The van der Waals surface area contributed by atoms with Gasteiger partial charge in [0.15, 0.2) is 0 Å². The van der Waals surface area contributed by atoms with Crippen molar-refractivity contribution in [3.05, 3.63) is 70.7 Å². The zero-order chi connectivity index (χ0) is 27.1. The summed E-state index contributed by atoms with van der Waals surface area (Å²) in [6.07, 6.45) is 6.44. The molecule has 3 N–H and O–H groups in total. The number of nitrogens with one attached hydrogen (secondary N) is 3. The predicted octanol–water partition coefficient (Wildman–Crippen LogP) is 5.29. The zero-order valence-corrected chi connectivity index (χ0v) is 23.5. The highest BCUT2D eigenvalue weighted by molar-refractivity contribution is 9.10. The fraction of sp³-hybridized carbons (Fsp3) is 0.433. The first-order valence-electron chi connectivity index (χ1n) is 13.1. The van der Waals surface area contributed by atoms with Crippen molar-refractivity contribution in [1.82, 2.24) is 5.32 Å². The van der Waals surface area contributed by atoms with Crippen molar-refractivity contribution in [2.24, 2.45) is 29.1 Å². The first kappa shape index (κ1) is 26.5. The molecule has 2 aromatic rings. The zero-order valence-electron chi connectivity index (χ0n) is 21.9. The monoisotopic (exact) mass is 579 g/mol. The minimum atomic E-state index is -0.536. The molecule has 2 amide bonds. The molecule has 0 aliphatic heterocycles. The summed E-state index contributed by atoms with van der Waals surface area (Å²) in [5.74, 6) is -1.11. The number of esters is 1. The summed E-state index contributed by atoms with van der Waals surface area (Å²) in [4.78, 5) is 39.1. The Morgan fingerprint density at radius 3 is 2.24 bits per heavy atom. The average molecular weight is 581 g/mol. The van der Waals surface area contributed by atoms with Crippen molar-refractivity contribution in [3.63, 3.8) is 0 Å². The normalized spacial score (nSPS) is 24.2. The Labute approximate surface area is 231 Å². The van der Waals surface area contributed by atoms with Gasteiger partial charge in [0.2, 0.25) is 11.8 Å². The molecule has 3 aliphatic rings. The number of allylic oxidation sites excluding steroid dienone is 2. The maximum absolute atomic E-state index is 13.6. The highest BCUT2D eigenvalue weighted by atomic mass is 79.9. The van der Waals surface area contributed by atoms with Gasteiger partial charge in [0, 0.05) is 22.4 Å². The van der Waals surface area contributed by atoms with E-state index in [-0.39, 0.29) is 41.6 Å². The van der Waals surface area contributed by atoms with Crippen LogP contribution in [0.4, 0.5) is 11.4 Å². The van der Waals surface area contributed by atoms with E-state index in [9.17, 15) is 14.4 Å². The van der Waals surface area contributed by atoms with E-state index in [2.05, 4.69) is 44.0 Å². The minimum Gasteiger partial charge on any atom is -0.459 e. The number of benzene rings is 2. The molecule has 1 spiro atoms. The fourth-order valence-corrected chi connectivity index (χ4v) is 6.38. The Balaban J connectivity index is 1.23. The summed E-state index contributed by atoms with van der Waals surface area (Å²) in [5, 5.41) is 9.22. The van der Waals surface area contributed by atoms with Crippen LogP contribution < -0.4 is 16.0 Å². The van der Waals surface area contributed by atoms with Gasteiger partial charge in [-0.2, -0.15) is 0 Å². The Bertz CT molecular complexity index is 1260. The molecule has 0 saturated heterocycles. The fourth-order valence-electron chi connectivity index (χ4n) is 6.12. The molecule has 0 heterocycles. The lowest BCUT2D eigenvalue weighted by Gasteiger charge is -2.26. The van der Waals surface area contributed by atoms with Gasteiger partial charge >= 0.3 is 5.97 Å². The number of amides is 2. The third-order valence-electron chi connectivity index (χ3n) is 7.81. The molecule has 0 unspecified atom stereocenters. The topological polar surface area (TPSA) is 96.5 Å². The third kappa shape index (κ3) is 5.51. The van der Waals surface area contributed by atoms with Crippen LogP contribution in [0.5, 0.6) is 0 Å². The largest absolute Gasteiger partial charge is 0.459 e. The van der Waals surface area contributed by atoms with Gasteiger partial charge < -0.3 is 20.7 Å². The van der Waals surface area contributed by atoms with Crippen LogP contribution in [0, 0.1) is 29.1 Å². The van der Waals surface area contributed by atoms with Gasteiger partial charge in [0.25, 0.3) is 0 Å². The molecule has 0 aromatic heterocycles. The van der Waals surface area contributed by atoms with Gasteiger partial charge in [0.05, 0.1) is 11.8 Å². The highest BCUT2D eigenvalue weighted by Crippen LogP contribution is 2.72. The van der Waals surface area contributed by atoms with Gasteiger partial charge in [-0.15, -0.1) is 0 Å². The Hall–Kier alpha value is -3.13. The van der Waals surface area contributed by atoms with Gasteiger partial charge in [-0.3, -0.25) is 14.4 Å². The van der Waals surface area contributed by atoms with E-state index >= 15 is 0 Å². The SMILES string of the molecule is CC(C)(C)OC(=O)CNc1cccc(CNC(=O)[C@H]2[C@H](C(=O)Nc3ccc(Br)cc3)[C@@H]3C=C[C@H]2C32CC2)c1. The molecule has 8 heteroatoms. The van der Waals surface area contributed by atoms with E-state index in [0.29, 0.717) is 6.54 Å². The van der Waals surface area contributed by atoms with Crippen LogP contribution >= 0.6 is 15.9 Å². The van der Waals surface area contributed by atoms with E-state index < -0.39 is 17.4 Å². The molecule has 2 fully saturated rings. The van der Waals surface area contributed by atoms with Gasteiger partial charge in [-0.25, -0.2) is 0 Å². The standard InChI is InChI=1S/C30H34BrN3O4/c1-29(2,3)38-24(35)17-32-21-6-4-5-18(15-21)16-33-27(36)25-22-11-12-23(30(22)13-14-30)26(25)28(37)34-20-9-7-19(31)8-10-20/h4-12,15,22-23,25-26,32H,13-14,16-17H2,1-3H3,(H,33,36)(H,34,37)/t22-,23+,25-,26-/m1/s1. The van der Waals surface area contributed by atoms with E-state index in [1.54, 1.807) is 0 Å². The number of ether oxygens (including phenoxy) is 1. The molecular weight excluding hydrogens is 546 g/mol. The van der Waals surface area contributed by atoms with Crippen molar-refractivity contribution < 1.29 is 19.1 Å². The van der Waals surface area contributed by atoms with Gasteiger partial charge in [-0.05, 0) is 92.8 Å². The Morgan fingerprint density at radius 1 is 0.947 bits per heavy atom. The lowest BCUT2D eigenvalue weighted by Crippen LogP contribution is -2.41. The molecule has 3 aliphatic carbocycles. The van der Waals surface area contributed by atoms with Crippen molar-refractivity contribution >= 4 is 45.1 Å². The molecule has 2 saturated carbocycles. The molecular formula is C30H34BrN3O4. The second-order valence-electron chi connectivity index (χ2n) is 11.6. The quantitative estimate of drug-likeness (QED) is 0.292. The van der Waals surface area contributed by atoms with Crippen LogP contribution in [-0.4, -0.2) is 29.9 Å². The van der Waals surface area contributed by atoms with E-state index in [1.165, 1.54) is 0 Å². The molecule has 2 bridgehead atoms. The number of halogens is 1. The molecule has 2 aromatic carbocycles. The maximum Gasteiger partial charge on any atom is 0.325 e. The van der Waals surface area contributed by atoms with E-state index in [1.807, 2.05) is 69.3 Å². The van der Waals surface area contributed by atoms with Crippen LogP contribution in [0.25, 0.3) is 0 Å². The summed E-state index contributed by atoms with van der Waals surface area (Å²) < 4.78 is 6.29. The van der Waals surface area contributed by atoms with Crippen LogP contribution in [0.1, 0.15) is 39.2 Å². The highest BCUT2D eigenvalue weighted by Gasteiger charge is 2.69. The molecule has 4 atom stereocenters. The predicted molar refractivity (Wildman–Crippen MR) is 150 cm³/mol. The lowest BCUT2D eigenvalue weighted by molar-refractivity contribution is -0.152. The second-order valence-corrected chi connectivity index (χ2v) is 12.5. The smallest absolute Gasteiger partial charge is 0.325 e. The summed E-state index contributed by atoms with van der Waals surface area (Å²) in [7, 11) is 0. The van der Waals surface area contributed by atoms with Gasteiger partial charge in [0.1, 0.15) is 12.1 Å². The molecule has 38 heavy (non-hydrogen) atoms. The lowest BCUT2D eigenvalue weighted by atomic mass is 9.81. The molecule has 5 rings (SSSR count). The molecule has 200 valence electrons. The Morgan fingerprint density at radius 2 is 1.61 bits per heavy atom. The van der Waals surface area contributed by atoms with E-state index in [0.717, 1.165) is 34.3 Å². The Kier molecular flexibility index (Phi) is 7.11. The number of hydrogen-bond acceptors (Lipinski definition) is 5. The van der Waals surface area contributed by atoms with E-state index in [4.69, 9.17) is 4.74 Å². The van der Waals surface area contributed by atoms with Crippen LogP contribution in [0.2, 0.25) is 0 Å². The van der Waals surface area contributed by atoms with Crippen LogP contribution in [0.3, 0.4) is 0 Å².